The molecule has 1 aliphatic rings. The number of amides is 1. The average Bonchev–Trinajstić information content (AvgIpc) is 2.58. The van der Waals surface area contributed by atoms with Crippen molar-refractivity contribution < 1.29 is 13.2 Å². The van der Waals surface area contributed by atoms with Crippen molar-refractivity contribution in [2.75, 3.05) is 19.6 Å². The van der Waals surface area contributed by atoms with Gasteiger partial charge in [0, 0.05) is 25.2 Å². The molecule has 2 atom stereocenters. The summed E-state index contributed by atoms with van der Waals surface area (Å²) in [5, 5.41) is 2.87. The van der Waals surface area contributed by atoms with Crippen LogP contribution >= 0.6 is 0 Å². The molecule has 0 spiro atoms. The molecule has 1 aliphatic heterocycles. The molecule has 1 fully saturated rings. The van der Waals surface area contributed by atoms with Gasteiger partial charge in [-0.05, 0) is 48.9 Å². The minimum absolute atomic E-state index is 0.153. The summed E-state index contributed by atoms with van der Waals surface area (Å²) in [6.45, 7) is 8.06. The minimum Gasteiger partial charge on any atom is -0.352 e. The molecule has 0 saturated carbocycles. The molecule has 1 saturated heterocycles. The fourth-order valence-corrected chi connectivity index (χ4v) is 5.09. The first-order valence-electron chi connectivity index (χ1n) is 9.23. The van der Waals surface area contributed by atoms with E-state index < -0.39 is 10.0 Å². The number of rotatable bonds is 7. The number of hydrogen-bond donors (Lipinski definition) is 1. The smallest absolute Gasteiger partial charge is 0.251 e. The summed E-state index contributed by atoms with van der Waals surface area (Å²) in [5.74, 6) is 0.582. The number of unbranched alkanes of at least 4 members (excludes halogenated alkanes) is 2. The molecule has 25 heavy (non-hydrogen) atoms. The van der Waals surface area contributed by atoms with Crippen molar-refractivity contribution in [3.05, 3.63) is 29.8 Å². The van der Waals surface area contributed by atoms with Crippen LogP contribution in [-0.2, 0) is 10.0 Å². The van der Waals surface area contributed by atoms with Crippen LogP contribution in [0.15, 0.2) is 29.2 Å². The van der Waals surface area contributed by atoms with Crippen LogP contribution in [0, 0.1) is 11.8 Å². The van der Waals surface area contributed by atoms with Gasteiger partial charge >= 0.3 is 0 Å². The largest absolute Gasteiger partial charge is 0.352 e. The first-order chi connectivity index (χ1) is 11.8. The molecule has 1 amide bonds. The summed E-state index contributed by atoms with van der Waals surface area (Å²) in [6.07, 6.45) is 4.21. The van der Waals surface area contributed by atoms with E-state index in [-0.39, 0.29) is 10.8 Å². The second-order valence-electron chi connectivity index (χ2n) is 7.26. The van der Waals surface area contributed by atoms with Gasteiger partial charge in [-0.3, -0.25) is 4.79 Å². The fourth-order valence-electron chi connectivity index (χ4n) is 3.41. The molecular formula is C19H30N2O3S. The lowest BCUT2D eigenvalue weighted by atomic mass is 9.94. The van der Waals surface area contributed by atoms with Gasteiger partial charge in [0.1, 0.15) is 0 Å². The summed E-state index contributed by atoms with van der Waals surface area (Å²) >= 11 is 0. The monoisotopic (exact) mass is 366 g/mol. The van der Waals surface area contributed by atoms with Gasteiger partial charge in [0.25, 0.3) is 5.91 Å². The predicted octanol–water partition coefficient (Wildman–Crippen LogP) is 3.27. The standard InChI is InChI=1S/C19H30N2O3S/c1-4-5-6-11-20-19(22)17-7-9-18(10-8-17)25(23,24)21-13-15(2)12-16(3)14-21/h7-10,15-16H,4-6,11-14H2,1-3H3,(H,20,22). The van der Waals surface area contributed by atoms with E-state index in [1.165, 1.54) is 0 Å². The van der Waals surface area contributed by atoms with Crippen molar-refractivity contribution in [2.24, 2.45) is 11.8 Å². The van der Waals surface area contributed by atoms with Crippen LogP contribution in [-0.4, -0.2) is 38.3 Å². The van der Waals surface area contributed by atoms with Crippen LogP contribution in [0.1, 0.15) is 56.8 Å². The summed E-state index contributed by atoms with van der Waals surface area (Å²) in [4.78, 5) is 12.3. The van der Waals surface area contributed by atoms with E-state index >= 15 is 0 Å². The van der Waals surface area contributed by atoms with Gasteiger partial charge in [0.05, 0.1) is 4.90 Å². The quantitative estimate of drug-likeness (QED) is 0.753. The predicted molar refractivity (Wildman–Crippen MR) is 100 cm³/mol. The lowest BCUT2D eigenvalue weighted by molar-refractivity contribution is 0.0953. The Hall–Kier alpha value is -1.40. The third-order valence-corrected chi connectivity index (χ3v) is 6.50. The van der Waals surface area contributed by atoms with Gasteiger partial charge in [0.2, 0.25) is 10.0 Å². The van der Waals surface area contributed by atoms with E-state index in [0.29, 0.717) is 37.0 Å². The van der Waals surface area contributed by atoms with E-state index in [0.717, 1.165) is 25.7 Å². The molecule has 0 aliphatic carbocycles. The first-order valence-corrected chi connectivity index (χ1v) is 10.7. The van der Waals surface area contributed by atoms with E-state index in [4.69, 9.17) is 0 Å². The Morgan fingerprint density at radius 3 is 2.28 bits per heavy atom. The van der Waals surface area contributed by atoms with Crippen LogP contribution in [0.25, 0.3) is 0 Å². The van der Waals surface area contributed by atoms with Gasteiger partial charge in [-0.25, -0.2) is 8.42 Å². The molecule has 1 N–H and O–H groups in total. The number of benzene rings is 1. The third kappa shape index (κ3) is 5.28. The Labute approximate surface area is 151 Å². The highest BCUT2D eigenvalue weighted by Crippen LogP contribution is 2.26. The van der Waals surface area contributed by atoms with E-state index in [9.17, 15) is 13.2 Å². The molecule has 0 bridgehead atoms. The first kappa shape index (κ1) is 19.9. The van der Waals surface area contributed by atoms with E-state index in [1.807, 2.05) is 0 Å². The highest BCUT2D eigenvalue weighted by molar-refractivity contribution is 7.89. The lowest BCUT2D eigenvalue weighted by Crippen LogP contribution is -2.42. The number of carbonyl (C=O) groups excluding carboxylic acids is 1. The average molecular weight is 367 g/mol. The molecule has 0 aromatic heterocycles. The van der Waals surface area contributed by atoms with E-state index in [1.54, 1.807) is 28.6 Å². The van der Waals surface area contributed by atoms with Crippen molar-refractivity contribution in [1.82, 2.24) is 9.62 Å². The van der Waals surface area contributed by atoms with Crippen LogP contribution < -0.4 is 5.32 Å². The lowest BCUT2D eigenvalue weighted by Gasteiger charge is -2.34. The number of hydrogen-bond acceptors (Lipinski definition) is 3. The van der Waals surface area contributed by atoms with Gasteiger partial charge in [-0.2, -0.15) is 4.31 Å². The van der Waals surface area contributed by atoms with Crippen molar-refractivity contribution in [3.8, 4) is 0 Å². The van der Waals surface area contributed by atoms with Crippen molar-refractivity contribution in [1.29, 1.82) is 0 Å². The summed E-state index contributed by atoms with van der Waals surface area (Å²) in [6, 6.07) is 6.28. The molecule has 1 heterocycles. The number of piperidine rings is 1. The molecular weight excluding hydrogens is 336 g/mol. The summed E-state index contributed by atoms with van der Waals surface area (Å²) in [5.41, 5.74) is 0.496. The van der Waals surface area contributed by atoms with Gasteiger partial charge in [0.15, 0.2) is 0 Å². The maximum absolute atomic E-state index is 12.8. The molecule has 0 radical (unpaired) electrons. The van der Waals surface area contributed by atoms with Crippen LogP contribution in [0.3, 0.4) is 0 Å². The molecule has 140 valence electrons. The number of sulfonamides is 1. The maximum Gasteiger partial charge on any atom is 0.251 e. The SMILES string of the molecule is CCCCCNC(=O)c1ccc(S(=O)(=O)N2CC(C)CC(C)C2)cc1. The zero-order chi connectivity index (χ0) is 18.4. The highest BCUT2D eigenvalue weighted by atomic mass is 32.2. The second-order valence-corrected chi connectivity index (χ2v) is 9.19. The topological polar surface area (TPSA) is 66.5 Å². The molecule has 5 nitrogen and oxygen atoms in total. The van der Waals surface area contributed by atoms with Gasteiger partial charge < -0.3 is 5.32 Å². The van der Waals surface area contributed by atoms with Crippen molar-refractivity contribution >= 4 is 15.9 Å². The van der Waals surface area contributed by atoms with Gasteiger partial charge in [-0.15, -0.1) is 0 Å². The maximum atomic E-state index is 12.8. The molecule has 1 aromatic rings. The van der Waals surface area contributed by atoms with Crippen LogP contribution in [0.2, 0.25) is 0 Å². The molecule has 2 unspecified atom stereocenters. The normalized spacial score (nSPS) is 21.9. The Bertz CT molecular complexity index is 660. The zero-order valence-electron chi connectivity index (χ0n) is 15.5. The molecule has 6 heteroatoms. The fraction of sp³-hybridized carbons (Fsp3) is 0.632. The number of nitrogens with zero attached hydrogens (tertiary/aromatic N) is 1. The highest BCUT2D eigenvalue weighted by Gasteiger charge is 2.31. The molecule has 2 rings (SSSR count). The van der Waals surface area contributed by atoms with Crippen molar-refractivity contribution in [2.45, 2.75) is 51.3 Å². The zero-order valence-corrected chi connectivity index (χ0v) is 16.3. The van der Waals surface area contributed by atoms with Crippen molar-refractivity contribution in [3.63, 3.8) is 0 Å². The second kappa shape index (κ2) is 8.81. The Balaban J connectivity index is 2.04. The van der Waals surface area contributed by atoms with Crippen LogP contribution in [0.4, 0.5) is 0 Å². The van der Waals surface area contributed by atoms with Gasteiger partial charge in [-0.1, -0.05) is 33.6 Å². The Morgan fingerprint density at radius 2 is 1.72 bits per heavy atom. The molecule has 1 aromatic carbocycles. The third-order valence-electron chi connectivity index (χ3n) is 4.66. The minimum atomic E-state index is -3.49. The van der Waals surface area contributed by atoms with Crippen LogP contribution in [0.5, 0.6) is 0 Å². The summed E-state index contributed by atoms with van der Waals surface area (Å²) in [7, 11) is -3.49. The summed E-state index contributed by atoms with van der Waals surface area (Å²) < 4.78 is 27.2. The van der Waals surface area contributed by atoms with E-state index in [2.05, 4.69) is 26.1 Å². The number of carbonyl (C=O) groups is 1. The number of nitrogens with one attached hydrogen (secondary N) is 1. The Morgan fingerprint density at radius 1 is 1.12 bits per heavy atom. The Kier molecular flexibility index (Phi) is 7.02.